The van der Waals surface area contributed by atoms with Crippen LogP contribution in [0, 0.1) is 0 Å². The highest BCUT2D eigenvalue weighted by molar-refractivity contribution is 7.99. The first-order valence-electron chi connectivity index (χ1n) is 7.33. The van der Waals surface area contributed by atoms with Gasteiger partial charge in [-0.3, -0.25) is 10.1 Å². The molecule has 1 aromatic heterocycles. The lowest BCUT2D eigenvalue weighted by atomic mass is 10.3. The van der Waals surface area contributed by atoms with E-state index in [0.29, 0.717) is 5.69 Å². The number of nitrogens with zero attached hydrogens (tertiary/aromatic N) is 2. The number of urea groups is 1. The second kappa shape index (κ2) is 7.18. The average molecular weight is 340 g/mol. The summed E-state index contributed by atoms with van der Waals surface area (Å²) in [7, 11) is 1.90. The maximum absolute atomic E-state index is 11.9. The van der Waals surface area contributed by atoms with E-state index in [9.17, 15) is 9.59 Å². The number of para-hydroxylation sites is 3. The molecule has 0 fully saturated rings. The van der Waals surface area contributed by atoms with E-state index < -0.39 is 6.03 Å². The van der Waals surface area contributed by atoms with Crippen molar-refractivity contribution in [1.82, 2.24) is 14.9 Å². The molecule has 3 aromatic rings. The van der Waals surface area contributed by atoms with Crippen LogP contribution in [0.25, 0.3) is 11.0 Å². The van der Waals surface area contributed by atoms with Crippen LogP contribution in [0.1, 0.15) is 0 Å². The molecular formula is C17H16N4O2S. The molecule has 6 nitrogen and oxygen atoms in total. The summed E-state index contributed by atoms with van der Waals surface area (Å²) in [6.45, 7) is 0. The van der Waals surface area contributed by atoms with Gasteiger partial charge in [0.2, 0.25) is 5.91 Å². The molecule has 3 rings (SSSR count). The zero-order valence-electron chi connectivity index (χ0n) is 13.0. The molecule has 0 atom stereocenters. The van der Waals surface area contributed by atoms with Crippen LogP contribution >= 0.6 is 11.8 Å². The fourth-order valence-electron chi connectivity index (χ4n) is 2.23. The number of hydrogen-bond acceptors (Lipinski definition) is 4. The molecule has 0 bridgehead atoms. The molecular weight excluding hydrogens is 324 g/mol. The fraction of sp³-hybridized carbons (Fsp3) is 0.118. The van der Waals surface area contributed by atoms with E-state index in [4.69, 9.17) is 0 Å². The number of hydrogen-bond donors (Lipinski definition) is 2. The monoisotopic (exact) mass is 340 g/mol. The quantitative estimate of drug-likeness (QED) is 0.716. The van der Waals surface area contributed by atoms with Crippen LogP contribution in [0.3, 0.4) is 0 Å². The lowest BCUT2D eigenvalue weighted by Gasteiger charge is -2.06. The normalized spacial score (nSPS) is 10.5. The minimum absolute atomic E-state index is 0.110. The van der Waals surface area contributed by atoms with Crippen LogP contribution in [-0.2, 0) is 11.8 Å². The average Bonchev–Trinajstić information content (AvgIpc) is 2.90. The highest BCUT2D eigenvalue weighted by Gasteiger charge is 2.12. The first kappa shape index (κ1) is 16.1. The van der Waals surface area contributed by atoms with E-state index in [0.717, 1.165) is 16.2 Å². The predicted octanol–water partition coefficient (Wildman–Crippen LogP) is 3.01. The number of carbonyl (C=O) groups is 2. The van der Waals surface area contributed by atoms with E-state index in [1.807, 2.05) is 41.9 Å². The molecule has 0 spiro atoms. The first-order chi connectivity index (χ1) is 11.6. The third-order valence-electron chi connectivity index (χ3n) is 3.36. The summed E-state index contributed by atoms with van der Waals surface area (Å²) in [5.74, 6) is -0.264. The summed E-state index contributed by atoms with van der Waals surface area (Å²) in [6.07, 6.45) is 0. The van der Waals surface area contributed by atoms with Gasteiger partial charge in [-0.15, -0.1) is 0 Å². The van der Waals surface area contributed by atoms with Gasteiger partial charge in [-0.05, 0) is 24.3 Å². The molecule has 0 saturated carbocycles. The number of nitrogens with one attached hydrogen (secondary N) is 2. The first-order valence-corrected chi connectivity index (χ1v) is 8.32. The van der Waals surface area contributed by atoms with Crippen LogP contribution in [0.5, 0.6) is 0 Å². The number of rotatable bonds is 4. The van der Waals surface area contributed by atoms with Crippen molar-refractivity contribution in [3.05, 3.63) is 54.6 Å². The number of thioether (sulfide) groups is 1. The van der Waals surface area contributed by atoms with Crippen molar-refractivity contribution in [2.45, 2.75) is 5.16 Å². The van der Waals surface area contributed by atoms with Gasteiger partial charge >= 0.3 is 6.03 Å². The van der Waals surface area contributed by atoms with Crippen LogP contribution < -0.4 is 10.6 Å². The van der Waals surface area contributed by atoms with Gasteiger partial charge in [0.05, 0.1) is 16.8 Å². The minimum atomic E-state index is -0.545. The van der Waals surface area contributed by atoms with Crippen LogP contribution in [0.4, 0.5) is 10.5 Å². The molecule has 2 aromatic carbocycles. The Kier molecular flexibility index (Phi) is 4.81. The van der Waals surface area contributed by atoms with Gasteiger partial charge in [0.1, 0.15) is 0 Å². The third kappa shape index (κ3) is 3.75. The topological polar surface area (TPSA) is 76.0 Å². The van der Waals surface area contributed by atoms with Crippen molar-refractivity contribution in [2.75, 3.05) is 11.1 Å². The molecule has 3 amide bonds. The van der Waals surface area contributed by atoms with Gasteiger partial charge in [-0.1, -0.05) is 42.1 Å². The Morgan fingerprint density at radius 2 is 1.79 bits per heavy atom. The van der Waals surface area contributed by atoms with Crippen LogP contribution in [0.15, 0.2) is 59.8 Å². The van der Waals surface area contributed by atoms with Crippen LogP contribution in [0.2, 0.25) is 0 Å². The van der Waals surface area contributed by atoms with E-state index in [-0.39, 0.29) is 11.7 Å². The number of fused-ring (bicyclic) bond motifs is 1. The molecule has 0 aliphatic rings. The maximum atomic E-state index is 11.9. The molecule has 1 heterocycles. The third-order valence-corrected chi connectivity index (χ3v) is 4.39. The van der Waals surface area contributed by atoms with Gasteiger partial charge in [0, 0.05) is 12.7 Å². The Morgan fingerprint density at radius 3 is 2.54 bits per heavy atom. The standard InChI is InChI=1S/C17H16N4O2S/c1-21-14-10-6-5-9-13(14)19-17(21)24-11-15(22)20-16(23)18-12-7-3-2-4-8-12/h2-10H,11H2,1H3,(H2,18,20,22,23). The number of amides is 3. The number of anilines is 1. The molecule has 24 heavy (non-hydrogen) atoms. The van der Waals surface area contributed by atoms with Gasteiger partial charge in [-0.25, -0.2) is 9.78 Å². The largest absolute Gasteiger partial charge is 0.325 e. The Balaban J connectivity index is 1.55. The number of aromatic nitrogens is 2. The van der Waals surface area contributed by atoms with Crippen molar-refractivity contribution < 1.29 is 9.59 Å². The molecule has 7 heteroatoms. The SMILES string of the molecule is Cn1c(SCC(=O)NC(=O)Nc2ccccc2)nc2ccccc21. The lowest BCUT2D eigenvalue weighted by Crippen LogP contribution is -2.35. The summed E-state index contributed by atoms with van der Waals surface area (Å²) < 4.78 is 1.93. The number of carbonyl (C=O) groups excluding carboxylic acids is 2. The van der Waals surface area contributed by atoms with Gasteiger partial charge in [0.25, 0.3) is 0 Å². The highest BCUT2D eigenvalue weighted by atomic mass is 32.2. The maximum Gasteiger partial charge on any atom is 0.325 e. The lowest BCUT2D eigenvalue weighted by molar-refractivity contribution is -0.117. The summed E-state index contributed by atoms with van der Waals surface area (Å²) in [5, 5.41) is 5.64. The second-order valence-corrected chi connectivity index (χ2v) is 6.04. The zero-order valence-corrected chi connectivity index (χ0v) is 13.8. The van der Waals surface area contributed by atoms with Crippen molar-refractivity contribution in [3.63, 3.8) is 0 Å². The molecule has 0 radical (unpaired) electrons. The van der Waals surface area contributed by atoms with E-state index >= 15 is 0 Å². The highest BCUT2D eigenvalue weighted by Crippen LogP contribution is 2.22. The Morgan fingerprint density at radius 1 is 1.08 bits per heavy atom. The second-order valence-electron chi connectivity index (χ2n) is 5.10. The van der Waals surface area contributed by atoms with Gasteiger partial charge < -0.3 is 9.88 Å². The van der Waals surface area contributed by atoms with Crippen molar-refractivity contribution in [2.24, 2.45) is 7.05 Å². The summed E-state index contributed by atoms with van der Waals surface area (Å²) >= 11 is 1.29. The van der Waals surface area contributed by atoms with Crippen LogP contribution in [-0.4, -0.2) is 27.2 Å². The predicted molar refractivity (Wildman–Crippen MR) is 95.0 cm³/mol. The Bertz CT molecular complexity index is 877. The number of aryl methyl sites for hydroxylation is 1. The molecule has 0 aliphatic carbocycles. The summed E-state index contributed by atoms with van der Waals surface area (Å²) in [6, 6.07) is 16.2. The summed E-state index contributed by atoms with van der Waals surface area (Å²) in [4.78, 5) is 28.2. The molecule has 0 unspecified atom stereocenters. The zero-order chi connectivity index (χ0) is 16.9. The van der Waals surface area contributed by atoms with Crippen molar-refractivity contribution >= 4 is 40.4 Å². The van der Waals surface area contributed by atoms with E-state index in [1.54, 1.807) is 24.3 Å². The fourth-order valence-corrected chi connectivity index (χ4v) is 3.02. The smallest absolute Gasteiger partial charge is 0.322 e. The molecule has 0 aliphatic heterocycles. The summed E-state index contributed by atoms with van der Waals surface area (Å²) in [5.41, 5.74) is 2.51. The Labute approximate surface area is 143 Å². The van der Waals surface area contributed by atoms with E-state index in [2.05, 4.69) is 15.6 Å². The molecule has 2 N–H and O–H groups in total. The van der Waals surface area contributed by atoms with Gasteiger partial charge in [0.15, 0.2) is 5.16 Å². The molecule has 0 saturated heterocycles. The molecule has 122 valence electrons. The van der Waals surface area contributed by atoms with Crippen molar-refractivity contribution in [1.29, 1.82) is 0 Å². The van der Waals surface area contributed by atoms with Crippen molar-refractivity contribution in [3.8, 4) is 0 Å². The minimum Gasteiger partial charge on any atom is -0.322 e. The Hall–Kier alpha value is -2.80. The number of benzene rings is 2. The number of imide groups is 1. The van der Waals surface area contributed by atoms with E-state index in [1.165, 1.54) is 11.8 Å². The number of imidazole rings is 1. The van der Waals surface area contributed by atoms with Gasteiger partial charge in [-0.2, -0.15) is 0 Å².